The van der Waals surface area contributed by atoms with Crippen molar-refractivity contribution in [1.82, 2.24) is 4.72 Å². The molecule has 0 unspecified atom stereocenters. The predicted molar refractivity (Wildman–Crippen MR) is 112 cm³/mol. The van der Waals surface area contributed by atoms with Gasteiger partial charge in [0.1, 0.15) is 8.07 Å². The molecule has 0 radical (unpaired) electrons. The second-order valence-corrected chi connectivity index (χ2v) is 14.1. The number of anilines is 1. The van der Waals surface area contributed by atoms with Gasteiger partial charge >= 0.3 is 6.18 Å². The molecule has 0 aliphatic heterocycles. The van der Waals surface area contributed by atoms with Gasteiger partial charge in [-0.2, -0.15) is 13.2 Å². The van der Waals surface area contributed by atoms with Crippen LogP contribution in [0, 0.1) is 11.5 Å². The lowest BCUT2D eigenvalue weighted by Crippen LogP contribution is -2.19. The van der Waals surface area contributed by atoms with Crippen molar-refractivity contribution in [2.24, 2.45) is 0 Å². The SMILES string of the molecule is CNS(=O)(=O)c1ccc(NCc2ccc(C(F)(F)F)cc2)c(C#C[Si](C)(C)C)c1. The van der Waals surface area contributed by atoms with Gasteiger partial charge in [0.2, 0.25) is 10.0 Å². The van der Waals surface area contributed by atoms with Crippen LogP contribution in [-0.2, 0) is 22.7 Å². The summed E-state index contributed by atoms with van der Waals surface area (Å²) in [6.45, 7) is 6.49. The summed E-state index contributed by atoms with van der Waals surface area (Å²) in [4.78, 5) is 0.0972. The maximum Gasteiger partial charge on any atom is 0.416 e. The van der Waals surface area contributed by atoms with Gasteiger partial charge in [0, 0.05) is 12.1 Å². The van der Waals surface area contributed by atoms with Crippen molar-refractivity contribution in [3.05, 3.63) is 59.2 Å². The summed E-state index contributed by atoms with van der Waals surface area (Å²) in [7, 11) is -3.99. The molecule has 2 N–H and O–H groups in total. The summed E-state index contributed by atoms with van der Waals surface area (Å²) < 4.78 is 64.5. The summed E-state index contributed by atoms with van der Waals surface area (Å²) in [6.07, 6.45) is -4.37. The normalized spacial score (nSPS) is 12.2. The van der Waals surface area contributed by atoms with E-state index in [0.29, 0.717) is 16.8 Å². The zero-order valence-corrected chi connectivity index (χ0v) is 18.4. The highest BCUT2D eigenvalue weighted by molar-refractivity contribution is 7.89. The van der Waals surface area contributed by atoms with E-state index >= 15 is 0 Å². The summed E-state index contributed by atoms with van der Waals surface area (Å²) in [6, 6.07) is 9.44. The van der Waals surface area contributed by atoms with Crippen molar-refractivity contribution in [3.8, 4) is 11.5 Å². The third kappa shape index (κ3) is 6.63. The number of sulfonamides is 1. The fourth-order valence-corrected chi connectivity index (χ4v) is 3.60. The third-order valence-corrected chi connectivity index (χ3v) is 6.19. The van der Waals surface area contributed by atoms with Crippen LogP contribution in [0.5, 0.6) is 0 Å². The number of hydrogen-bond acceptors (Lipinski definition) is 3. The molecular weight excluding hydrogens is 417 g/mol. The minimum atomic E-state index is -4.37. The van der Waals surface area contributed by atoms with Crippen LogP contribution in [0.2, 0.25) is 19.6 Å². The van der Waals surface area contributed by atoms with E-state index in [4.69, 9.17) is 0 Å². The van der Waals surface area contributed by atoms with Gasteiger partial charge in [0.25, 0.3) is 0 Å². The molecule has 2 aromatic carbocycles. The van der Waals surface area contributed by atoms with E-state index in [0.717, 1.165) is 12.1 Å². The van der Waals surface area contributed by atoms with E-state index in [1.165, 1.54) is 31.3 Å². The van der Waals surface area contributed by atoms with Gasteiger partial charge in [-0.25, -0.2) is 13.1 Å². The molecule has 0 aliphatic rings. The average Bonchev–Trinajstić information content (AvgIpc) is 2.64. The number of halogens is 3. The highest BCUT2D eigenvalue weighted by Crippen LogP contribution is 2.29. The van der Waals surface area contributed by atoms with E-state index in [1.54, 1.807) is 6.07 Å². The van der Waals surface area contributed by atoms with E-state index in [2.05, 4.69) is 41.1 Å². The topological polar surface area (TPSA) is 58.2 Å². The van der Waals surface area contributed by atoms with E-state index in [-0.39, 0.29) is 11.4 Å². The van der Waals surface area contributed by atoms with E-state index < -0.39 is 29.8 Å². The van der Waals surface area contributed by atoms with Crippen molar-refractivity contribution < 1.29 is 21.6 Å². The smallest absolute Gasteiger partial charge is 0.380 e. The fourth-order valence-electron chi connectivity index (χ4n) is 2.33. The van der Waals surface area contributed by atoms with Crippen LogP contribution < -0.4 is 10.0 Å². The first-order valence-electron chi connectivity index (χ1n) is 8.83. The van der Waals surface area contributed by atoms with Gasteiger partial charge in [-0.15, -0.1) is 5.54 Å². The zero-order valence-electron chi connectivity index (χ0n) is 16.6. The Balaban J connectivity index is 2.32. The number of hydrogen-bond donors (Lipinski definition) is 2. The molecule has 0 amide bonds. The van der Waals surface area contributed by atoms with E-state index in [9.17, 15) is 21.6 Å². The van der Waals surface area contributed by atoms with Crippen LogP contribution in [0.1, 0.15) is 16.7 Å². The third-order valence-electron chi connectivity index (χ3n) is 3.91. The highest BCUT2D eigenvalue weighted by atomic mass is 32.2. The van der Waals surface area contributed by atoms with Crippen molar-refractivity contribution in [2.75, 3.05) is 12.4 Å². The first-order valence-corrected chi connectivity index (χ1v) is 13.8. The Morgan fingerprint density at radius 3 is 2.17 bits per heavy atom. The molecule has 4 nitrogen and oxygen atoms in total. The molecule has 0 atom stereocenters. The lowest BCUT2D eigenvalue weighted by atomic mass is 10.1. The monoisotopic (exact) mass is 440 g/mol. The second kappa shape index (κ2) is 8.61. The number of alkyl halides is 3. The van der Waals surface area contributed by atoms with Gasteiger partial charge in [-0.05, 0) is 42.9 Å². The molecular formula is C20H23F3N2O2SSi. The summed E-state index contributed by atoms with van der Waals surface area (Å²) in [5.41, 5.74) is 4.30. The molecule has 0 aromatic heterocycles. The quantitative estimate of drug-likeness (QED) is 0.533. The Morgan fingerprint density at radius 1 is 1.03 bits per heavy atom. The van der Waals surface area contributed by atoms with Crippen LogP contribution in [0.3, 0.4) is 0 Å². The molecule has 2 aromatic rings. The van der Waals surface area contributed by atoms with E-state index in [1.807, 2.05) is 0 Å². The molecule has 0 heterocycles. The number of rotatable bonds is 5. The summed E-state index contributed by atoms with van der Waals surface area (Å²) in [5, 5.41) is 3.14. The van der Waals surface area contributed by atoms with Crippen molar-refractivity contribution in [3.63, 3.8) is 0 Å². The molecule has 29 heavy (non-hydrogen) atoms. The van der Waals surface area contributed by atoms with Gasteiger partial charge in [-0.3, -0.25) is 0 Å². The van der Waals surface area contributed by atoms with Crippen LogP contribution in [0.4, 0.5) is 18.9 Å². The molecule has 2 rings (SSSR count). The van der Waals surface area contributed by atoms with Crippen LogP contribution in [0.15, 0.2) is 47.4 Å². The summed E-state index contributed by atoms with van der Waals surface area (Å²) in [5.74, 6) is 3.06. The van der Waals surface area contributed by atoms with Crippen molar-refractivity contribution >= 4 is 23.8 Å². The second-order valence-electron chi connectivity index (χ2n) is 7.46. The fraction of sp³-hybridized carbons (Fsp3) is 0.300. The molecule has 0 saturated carbocycles. The Kier molecular flexibility index (Phi) is 6.83. The molecule has 0 saturated heterocycles. The van der Waals surface area contributed by atoms with Crippen LogP contribution in [0.25, 0.3) is 0 Å². The van der Waals surface area contributed by atoms with Crippen molar-refractivity contribution in [1.29, 1.82) is 0 Å². The average molecular weight is 441 g/mol. The molecule has 0 aliphatic carbocycles. The van der Waals surface area contributed by atoms with Crippen molar-refractivity contribution in [2.45, 2.75) is 37.3 Å². The lowest BCUT2D eigenvalue weighted by Gasteiger charge is -2.12. The van der Waals surface area contributed by atoms with Gasteiger partial charge < -0.3 is 5.32 Å². The Morgan fingerprint density at radius 2 is 1.66 bits per heavy atom. The van der Waals surface area contributed by atoms with Gasteiger partial charge in [-0.1, -0.05) is 37.7 Å². The minimum absolute atomic E-state index is 0.0972. The van der Waals surface area contributed by atoms with Gasteiger partial charge in [0.05, 0.1) is 16.1 Å². The molecule has 0 bridgehead atoms. The number of nitrogens with one attached hydrogen (secondary N) is 2. The van der Waals surface area contributed by atoms with Crippen LogP contribution in [-0.4, -0.2) is 23.5 Å². The molecule has 0 spiro atoms. The zero-order chi connectivity index (χ0) is 21.9. The maximum absolute atomic E-state index is 12.7. The lowest BCUT2D eigenvalue weighted by molar-refractivity contribution is -0.137. The molecule has 9 heteroatoms. The minimum Gasteiger partial charge on any atom is -0.380 e. The highest BCUT2D eigenvalue weighted by Gasteiger charge is 2.29. The first kappa shape index (κ1) is 23.0. The predicted octanol–water partition coefficient (Wildman–Crippen LogP) is 4.45. The number of benzene rings is 2. The molecule has 0 fully saturated rings. The Bertz CT molecular complexity index is 1030. The molecule has 156 valence electrons. The maximum atomic E-state index is 12.7. The first-order chi connectivity index (χ1) is 13.3. The standard InChI is InChI=1S/C20H23F3N2O2SSi/c1-24-28(26,27)18-9-10-19(16(13-18)11-12-29(2,3)4)25-14-15-5-7-17(8-6-15)20(21,22)23/h5-10,13,24-25H,14H2,1-4H3. The van der Waals surface area contributed by atoms with Crippen LogP contribution >= 0.6 is 0 Å². The summed E-state index contributed by atoms with van der Waals surface area (Å²) >= 11 is 0. The largest absolute Gasteiger partial charge is 0.416 e. The Hall–Kier alpha value is -2.28. The Labute approximate surface area is 170 Å². The van der Waals surface area contributed by atoms with Gasteiger partial charge in [0.15, 0.2) is 0 Å².